The minimum absolute atomic E-state index is 0.0973. The minimum atomic E-state index is 0.0973. The zero-order valence-corrected chi connectivity index (χ0v) is 16.9. The molecule has 1 unspecified atom stereocenters. The topological polar surface area (TPSA) is 60.1 Å². The zero-order chi connectivity index (χ0) is 19.0. The Labute approximate surface area is 167 Å². The number of hydrogen-bond acceptors (Lipinski definition) is 5. The van der Waals surface area contributed by atoms with Crippen molar-refractivity contribution in [3.05, 3.63) is 52.3 Å². The Bertz CT molecular complexity index is 1000. The second-order valence-corrected chi connectivity index (χ2v) is 8.85. The zero-order valence-electron chi connectivity index (χ0n) is 15.4. The van der Waals surface area contributed by atoms with Gasteiger partial charge in [-0.05, 0) is 42.4 Å². The standard InChI is InChI=1S/C20H21ClN4OS/c1-12(2)6-7-27-20-23-19-22-17-9-14(13-4-3-5-15(21)8-13)10-18(26)16(17)11-25(19)24-20/h3-5,8,11-12,14H,6-7,9-10H2,1-2H3. The average molecular weight is 401 g/mol. The van der Waals surface area contributed by atoms with Gasteiger partial charge in [0.05, 0.1) is 11.3 Å². The van der Waals surface area contributed by atoms with E-state index in [1.165, 1.54) is 0 Å². The van der Waals surface area contributed by atoms with Crippen molar-refractivity contribution in [3.8, 4) is 0 Å². The highest BCUT2D eigenvalue weighted by Crippen LogP contribution is 2.33. The summed E-state index contributed by atoms with van der Waals surface area (Å²) in [7, 11) is 0. The number of rotatable bonds is 5. The van der Waals surface area contributed by atoms with E-state index in [0.29, 0.717) is 40.3 Å². The van der Waals surface area contributed by atoms with Crippen LogP contribution in [0.3, 0.4) is 0 Å². The molecule has 0 fully saturated rings. The summed E-state index contributed by atoms with van der Waals surface area (Å²) in [4.78, 5) is 21.9. The van der Waals surface area contributed by atoms with Crippen LogP contribution in [0.2, 0.25) is 5.02 Å². The van der Waals surface area contributed by atoms with Gasteiger partial charge in [0.1, 0.15) is 0 Å². The van der Waals surface area contributed by atoms with Crippen molar-refractivity contribution in [2.75, 3.05) is 5.75 Å². The van der Waals surface area contributed by atoms with Gasteiger partial charge in [-0.3, -0.25) is 4.79 Å². The minimum Gasteiger partial charge on any atom is -0.294 e. The van der Waals surface area contributed by atoms with Crippen LogP contribution in [-0.2, 0) is 6.42 Å². The molecule has 0 amide bonds. The fourth-order valence-electron chi connectivity index (χ4n) is 3.31. The summed E-state index contributed by atoms with van der Waals surface area (Å²) in [5, 5.41) is 5.88. The van der Waals surface area contributed by atoms with Crippen LogP contribution in [0.4, 0.5) is 0 Å². The summed E-state index contributed by atoms with van der Waals surface area (Å²) in [6, 6.07) is 7.73. The molecule has 2 heterocycles. The Morgan fingerprint density at radius 1 is 1.30 bits per heavy atom. The molecule has 0 radical (unpaired) electrons. The molecule has 0 saturated heterocycles. The van der Waals surface area contributed by atoms with Crippen LogP contribution in [0, 0.1) is 5.92 Å². The summed E-state index contributed by atoms with van der Waals surface area (Å²) >= 11 is 7.75. The van der Waals surface area contributed by atoms with Crippen molar-refractivity contribution in [1.82, 2.24) is 19.6 Å². The highest BCUT2D eigenvalue weighted by atomic mass is 35.5. The third kappa shape index (κ3) is 4.01. The lowest BCUT2D eigenvalue weighted by Crippen LogP contribution is -2.21. The number of ketones is 1. The monoisotopic (exact) mass is 400 g/mol. The van der Waals surface area contributed by atoms with E-state index in [-0.39, 0.29) is 11.7 Å². The van der Waals surface area contributed by atoms with E-state index in [1.807, 2.05) is 24.3 Å². The van der Waals surface area contributed by atoms with Gasteiger partial charge in [0.25, 0.3) is 5.78 Å². The second-order valence-electron chi connectivity index (χ2n) is 7.35. The van der Waals surface area contributed by atoms with Gasteiger partial charge in [0, 0.05) is 23.4 Å². The molecule has 0 spiro atoms. The maximum absolute atomic E-state index is 12.7. The molecule has 27 heavy (non-hydrogen) atoms. The van der Waals surface area contributed by atoms with E-state index in [2.05, 4.69) is 28.9 Å². The van der Waals surface area contributed by atoms with E-state index < -0.39 is 0 Å². The number of fused-ring (bicyclic) bond motifs is 2. The predicted octanol–water partition coefficient (Wildman–Crippen LogP) is 4.83. The fraction of sp³-hybridized carbons (Fsp3) is 0.400. The lowest BCUT2D eigenvalue weighted by molar-refractivity contribution is 0.0962. The Hall–Kier alpha value is -1.92. The SMILES string of the molecule is CC(C)CCSc1nc2nc3c(cn2n1)C(=O)CC(c1cccc(Cl)c1)C3. The van der Waals surface area contributed by atoms with E-state index in [1.54, 1.807) is 22.5 Å². The van der Waals surface area contributed by atoms with Gasteiger partial charge < -0.3 is 0 Å². The summed E-state index contributed by atoms with van der Waals surface area (Å²) in [5.74, 6) is 2.38. The van der Waals surface area contributed by atoms with Crippen molar-refractivity contribution in [2.24, 2.45) is 5.92 Å². The molecule has 0 saturated carbocycles. The molecule has 7 heteroatoms. The first-order valence-electron chi connectivity index (χ1n) is 9.17. The van der Waals surface area contributed by atoms with Gasteiger partial charge >= 0.3 is 0 Å². The quantitative estimate of drug-likeness (QED) is 0.574. The van der Waals surface area contributed by atoms with Gasteiger partial charge in [-0.25, -0.2) is 9.50 Å². The number of halogens is 1. The lowest BCUT2D eigenvalue weighted by Gasteiger charge is -2.23. The lowest BCUT2D eigenvalue weighted by atomic mass is 9.82. The normalized spacial score (nSPS) is 16.9. The van der Waals surface area contributed by atoms with Gasteiger partial charge in [-0.15, -0.1) is 5.10 Å². The first kappa shape index (κ1) is 18.4. The van der Waals surface area contributed by atoms with Crippen molar-refractivity contribution in [1.29, 1.82) is 0 Å². The third-order valence-corrected chi connectivity index (χ3v) is 5.92. The van der Waals surface area contributed by atoms with Gasteiger partial charge in [0.15, 0.2) is 5.78 Å². The molecule has 1 atom stereocenters. The maximum atomic E-state index is 12.7. The van der Waals surface area contributed by atoms with E-state index >= 15 is 0 Å². The number of nitrogens with zero attached hydrogens (tertiary/aromatic N) is 4. The summed E-state index contributed by atoms with van der Waals surface area (Å²) in [6.45, 7) is 4.41. The molecule has 3 aromatic rings. The van der Waals surface area contributed by atoms with Crippen LogP contribution < -0.4 is 0 Å². The van der Waals surface area contributed by atoms with Crippen LogP contribution in [0.5, 0.6) is 0 Å². The largest absolute Gasteiger partial charge is 0.294 e. The Balaban J connectivity index is 1.61. The molecular formula is C20H21ClN4OS. The number of carbonyl (C=O) groups excluding carboxylic acids is 1. The molecule has 0 bridgehead atoms. The molecule has 1 aromatic carbocycles. The predicted molar refractivity (Wildman–Crippen MR) is 108 cm³/mol. The average Bonchev–Trinajstić information content (AvgIpc) is 3.01. The smallest absolute Gasteiger partial charge is 0.253 e. The number of Topliss-reactive ketones (excluding diaryl/α,β-unsaturated/α-hetero) is 1. The Morgan fingerprint density at radius 2 is 2.15 bits per heavy atom. The second kappa shape index (κ2) is 7.60. The van der Waals surface area contributed by atoms with E-state index in [9.17, 15) is 4.79 Å². The third-order valence-electron chi connectivity index (χ3n) is 4.81. The van der Waals surface area contributed by atoms with Gasteiger partial charge in [-0.2, -0.15) is 4.98 Å². The molecule has 5 nitrogen and oxygen atoms in total. The first-order valence-corrected chi connectivity index (χ1v) is 10.5. The van der Waals surface area contributed by atoms with E-state index in [0.717, 1.165) is 23.4 Å². The van der Waals surface area contributed by atoms with Crippen LogP contribution >= 0.6 is 23.4 Å². The number of carbonyl (C=O) groups is 1. The van der Waals surface area contributed by atoms with Crippen molar-refractivity contribution in [2.45, 2.75) is 44.2 Å². The molecule has 1 aliphatic carbocycles. The first-order chi connectivity index (χ1) is 13.0. The van der Waals surface area contributed by atoms with Crippen molar-refractivity contribution < 1.29 is 4.79 Å². The van der Waals surface area contributed by atoms with Crippen molar-refractivity contribution >= 4 is 34.9 Å². The Morgan fingerprint density at radius 3 is 2.93 bits per heavy atom. The van der Waals surface area contributed by atoms with Crippen LogP contribution in [0.25, 0.3) is 5.78 Å². The maximum Gasteiger partial charge on any atom is 0.253 e. The molecular weight excluding hydrogens is 380 g/mol. The number of thioether (sulfide) groups is 1. The highest BCUT2D eigenvalue weighted by molar-refractivity contribution is 7.99. The van der Waals surface area contributed by atoms with Crippen molar-refractivity contribution in [3.63, 3.8) is 0 Å². The summed E-state index contributed by atoms with van der Waals surface area (Å²) in [5.41, 5.74) is 2.54. The molecule has 1 aliphatic rings. The molecule has 0 N–H and O–H groups in total. The summed E-state index contributed by atoms with van der Waals surface area (Å²) in [6.07, 6.45) is 4.07. The van der Waals surface area contributed by atoms with E-state index in [4.69, 9.17) is 11.6 Å². The molecule has 0 aliphatic heterocycles. The highest BCUT2D eigenvalue weighted by Gasteiger charge is 2.28. The van der Waals surface area contributed by atoms with Crippen LogP contribution in [-0.4, -0.2) is 31.1 Å². The number of hydrogen-bond donors (Lipinski definition) is 0. The van der Waals surface area contributed by atoms with Gasteiger partial charge in [0.2, 0.25) is 5.16 Å². The molecule has 4 rings (SSSR count). The molecule has 2 aromatic heterocycles. The molecule has 140 valence electrons. The number of benzene rings is 1. The van der Waals surface area contributed by atoms with Gasteiger partial charge in [-0.1, -0.05) is 49.3 Å². The van der Waals surface area contributed by atoms with Crippen LogP contribution in [0.15, 0.2) is 35.6 Å². The number of aromatic nitrogens is 4. The van der Waals surface area contributed by atoms with Crippen LogP contribution in [0.1, 0.15) is 54.2 Å². The Kier molecular flexibility index (Phi) is 5.19. The fourth-order valence-corrected chi connectivity index (χ4v) is 4.57. The summed E-state index contributed by atoms with van der Waals surface area (Å²) < 4.78 is 1.63.